The van der Waals surface area contributed by atoms with Gasteiger partial charge in [-0.25, -0.2) is 4.98 Å². The molecule has 31 heavy (non-hydrogen) atoms. The number of methoxy groups -OCH3 is 1. The number of ether oxygens (including phenoxy) is 1. The summed E-state index contributed by atoms with van der Waals surface area (Å²) in [7, 11) is 1.43. The zero-order valence-corrected chi connectivity index (χ0v) is 20.2. The van der Waals surface area contributed by atoms with Gasteiger partial charge in [0.15, 0.2) is 0 Å². The molecule has 2 aromatic rings. The summed E-state index contributed by atoms with van der Waals surface area (Å²) in [5.41, 5.74) is 4.03. The summed E-state index contributed by atoms with van der Waals surface area (Å²) >= 11 is 1.74. The Labute approximate surface area is 199 Å². The van der Waals surface area contributed by atoms with Gasteiger partial charge in [-0.05, 0) is 50.3 Å². The van der Waals surface area contributed by atoms with Gasteiger partial charge in [-0.2, -0.15) is 0 Å². The van der Waals surface area contributed by atoms with Gasteiger partial charge >= 0.3 is 5.97 Å². The van der Waals surface area contributed by atoms with Gasteiger partial charge in [0.25, 0.3) is 5.91 Å². The highest BCUT2D eigenvalue weighted by atomic mass is 35.5. The van der Waals surface area contributed by atoms with Crippen LogP contribution in [0.2, 0.25) is 0 Å². The molecule has 1 aliphatic carbocycles. The summed E-state index contributed by atoms with van der Waals surface area (Å²) in [6.45, 7) is 3.91. The number of aromatic nitrogens is 1. The maximum atomic E-state index is 12.7. The highest BCUT2D eigenvalue weighted by molar-refractivity contribution is 7.15. The van der Waals surface area contributed by atoms with Crippen LogP contribution >= 0.6 is 36.2 Å². The van der Waals surface area contributed by atoms with Crippen molar-refractivity contribution in [2.45, 2.75) is 51.6 Å². The first-order valence-electron chi connectivity index (χ1n) is 10.2. The van der Waals surface area contributed by atoms with E-state index in [0.29, 0.717) is 5.56 Å². The molecule has 0 radical (unpaired) electrons. The molecule has 1 saturated carbocycles. The minimum Gasteiger partial charge on any atom is -0.469 e. The van der Waals surface area contributed by atoms with Crippen molar-refractivity contribution >= 4 is 48.0 Å². The van der Waals surface area contributed by atoms with Gasteiger partial charge in [0.05, 0.1) is 18.7 Å². The normalized spacial score (nSPS) is 19.9. The molecule has 1 aliphatic heterocycles. The number of benzene rings is 1. The highest BCUT2D eigenvalue weighted by Gasteiger charge is 2.28. The summed E-state index contributed by atoms with van der Waals surface area (Å²) in [5.74, 6) is -0.224. The van der Waals surface area contributed by atoms with Crippen molar-refractivity contribution in [1.82, 2.24) is 15.6 Å². The molecular formula is C22H29Cl2N3O3S. The first kappa shape index (κ1) is 25.6. The standard InChI is InChI=1S/C22H27N3O3S.2ClH/c1-13-11-15(20(26)24-16-6-3-14(4-7-16)22(27)28-2)5-8-17(13)21-25-18-9-10-23-12-19(18)29-21;;/h5,8,11,14,16,23H,3-4,6-7,9-10,12H2,1-2H3,(H,24,26);2*1H/t14-,16-;;. The number of hydrogen-bond donors (Lipinski definition) is 2. The van der Waals surface area contributed by atoms with Crippen LogP contribution in [0, 0.1) is 12.8 Å². The van der Waals surface area contributed by atoms with Gasteiger partial charge in [-0.3, -0.25) is 9.59 Å². The van der Waals surface area contributed by atoms with Gasteiger partial charge in [0.2, 0.25) is 0 Å². The van der Waals surface area contributed by atoms with E-state index in [2.05, 4.69) is 10.6 Å². The number of thiazole rings is 1. The van der Waals surface area contributed by atoms with Gasteiger partial charge in [-0.15, -0.1) is 36.2 Å². The fourth-order valence-electron chi connectivity index (χ4n) is 4.19. The topological polar surface area (TPSA) is 80.3 Å². The second-order valence-corrected chi connectivity index (χ2v) is 8.97. The van der Waals surface area contributed by atoms with Crippen LogP contribution in [0.25, 0.3) is 10.6 Å². The van der Waals surface area contributed by atoms with E-state index in [1.165, 1.54) is 17.7 Å². The summed E-state index contributed by atoms with van der Waals surface area (Å²) in [4.78, 5) is 30.5. The molecule has 1 aromatic carbocycles. The van der Waals surface area contributed by atoms with Crippen molar-refractivity contribution < 1.29 is 14.3 Å². The lowest BCUT2D eigenvalue weighted by Crippen LogP contribution is -2.38. The predicted octanol–water partition coefficient (Wildman–Crippen LogP) is 4.07. The molecule has 170 valence electrons. The third kappa shape index (κ3) is 5.77. The molecule has 4 rings (SSSR count). The molecule has 2 heterocycles. The molecule has 1 amide bonds. The molecule has 6 nitrogen and oxygen atoms in total. The number of fused-ring (bicyclic) bond motifs is 1. The SMILES string of the molecule is COC(=O)[C@H]1CC[C@H](NC(=O)c2ccc(-c3nc4c(s3)CNCC4)c(C)c2)CC1.Cl.Cl. The first-order valence-corrected chi connectivity index (χ1v) is 11.1. The minimum atomic E-state index is -0.138. The summed E-state index contributed by atoms with van der Waals surface area (Å²) < 4.78 is 4.83. The molecule has 0 unspecified atom stereocenters. The molecular weight excluding hydrogens is 457 g/mol. The Bertz CT molecular complexity index is 903. The van der Waals surface area contributed by atoms with Crippen molar-refractivity contribution in [1.29, 1.82) is 0 Å². The largest absolute Gasteiger partial charge is 0.469 e. The van der Waals surface area contributed by atoms with Crippen LogP contribution in [0.3, 0.4) is 0 Å². The third-order valence-electron chi connectivity index (χ3n) is 5.92. The zero-order valence-electron chi connectivity index (χ0n) is 17.7. The molecule has 0 saturated heterocycles. The van der Waals surface area contributed by atoms with Crippen LogP contribution in [0.4, 0.5) is 0 Å². The van der Waals surface area contributed by atoms with E-state index >= 15 is 0 Å². The minimum absolute atomic E-state index is 0. The predicted molar refractivity (Wildman–Crippen MR) is 127 cm³/mol. The first-order chi connectivity index (χ1) is 14.0. The monoisotopic (exact) mass is 485 g/mol. The van der Waals surface area contributed by atoms with E-state index in [1.807, 2.05) is 25.1 Å². The number of rotatable bonds is 4. The fourth-order valence-corrected chi connectivity index (χ4v) is 5.36. The molecule has 1 fully saturated rings. The molecule has 1 aromatic heterocycles. The lowest BCUT2D eigenvalue weighted by Gasteiger charge is -2.27. The van der Waals surface area contributed by atoms with E-state index in [1.54, 1.807) is 11.3 Å². The van der Waals surface area contributed by atoms with Gasteiger partial charge in [-0.1, -0.05) is 6.07 Å². The smallest absolute Gasteiger partial charge is 0.308 e. The summed E-state index contributed by atoms with van der Waals surface area (Å²) in [6, 6.07) is 5.96. The molecule has 9 heteroatoms. The van der Waals surface area contributed by atoms with Crippen LogP contribution < -0.4 is 10.6 Å². The second kappa shape index (κ2) is 11.3. The summed E-state index contributed by atoms with van der Waals surface area (Å²) in [6.07, 6.45) is 4.12. The van der Waals surface area contributed by atoms with Crippen LogP contribution in [0.15, 0.2) is 18.2 Å². The Hall–Kier alpha value is -1.67. The third-order valence-corrected chi connectivity index (χ3v) is 7.05. The maximum absolute atomic E-state index is 12.7. The van der Waals surface area contributed by atoms with Crippen molar-refractivity contribution in [3.8, 4) is 10.6 Å². The van der Waals surface area contributed by atoms with Crippen LogP contribution in [-0.4, -0.2) is 36.6 Å². The van der Waals surface area contributed by atoms with Crippen LogP contribution in [0.1, 0.15) is 52.2 Å². The number of aryl methyl sites for hydroxylation is 1. The van der Waals surface area contributed by atoms with Crippen molar-refractivity contribution in [3.05, 3.63) is 39.9 Å². The number of esters is 1. The van der Waals surface area contributed by atoms with Crippen molar-refractivity contribution in [2.24, 2.45) is 5.92 Å². The van der Waals surface area contributed by atoms with Gasteiger partial charge in [0, 0.05) is 41.6 Å². The molecule has 0 bridgehead atoms. The molecule has 0 spiro atoms. The lowest BCUT2D eigenvalue weighted by atomic mass is 9.86. The number of halogens is 2. The number of nitrogens with one attached hydrogen (secondary N) is 2. The van der Waals surface area contributed by atoms with Gasteiger partial charge in [0.1, 0.15) is 5.01 Å². The Balaban J connectivity index is 0.00000171. The Morgan fingerprint density at radius 3 is 2.58 bits per heavy atom. The second-order valence-electron chi connectivity index (χ2n) is 7.89. The Morgan fingerprint density at radius 1 is 1.19 bits per heavy atom. The van der Waals surface area contributed by atoms with Crippen LogP contribution in [0.5, 0.6) is 0 Å². The van der Waals surface area contributed by atoms with E-state index in [-0.39, 0.29) is 48.7 Å². The highest BCUT2D eigenvalue weighted by Crippen LogP contribution is 2.32. The average molecular weight is 486 g/mol. The van der Waals surface area contributed by atoms with E-state index in [0.717, 1.165) is 61.3 Å². The van der Waals surface area contributed by atoms with Crippen molar-refractivity contribution in [2.75, 3.05) is 13.7 Å². The Kier molecular flexibility index (Phi) is 9.30. The quantitative estimate of drug-likeness (QED) is 0.637. The lowest BCUT2D eigenvalue weighted by molar-refractivity contribution is -0.146. The fraction of sp³-hybridized carbons (Fsp3) is 0.500. The Morgan fingerprint density at radius 2 is 1.94 bits per heavy atom. The molecule has 2 N–H and O–H groups in total. The maximum Gasteiger partial charge on any atom is 0.308 e. The van der Waals surface area contributed by atoms with E-state index in [4.69, 9.17) is 9.72 Å². The number of nitrogens with zero attached hydrogens (tertiary/aromatic N) is 1. The van der Waals surface area contributed by atoms with E-state index < -0.39 is 0 Å². The van der Waals surface area contributed by atoms with E-state index in [9.17, 15) is 9.59 Å². The van der Waals surface area contributed by atoms with Crippen LogP contribution in [-0.2, 0) is 22.5 Å². The molecule has 0 atom stereocenters. The number of carbonyl (C=O) groups is 2. The van der Waals surface area contributed by atoms with Gasteiger partial charge < -0.3 is 15.4 Å². The number of hydrogen-bond acceptors (Lipinski definition) is 6. The number of carbonyl (C=O) groups excluding carboxylic acids is 2. The number of amides is 1. The average Bonchev–Trinajstić information content (AvgIpc) is 3.17. The van der Waals surface area contributed by atoms with Crippen molar-refractivity contribution in [3.63, 3.8) is 0 Å². The molecule has 2 aliphatic rings. The summed E-state index contributed by atoms with van der Waals surface area (Å²) in [5, 5.41) is 7.55. The zero-order chi connectivity index (χ0) is 20.4.